The summed E-state index contributed by atoms with van der Waals surface area (Å²) in [5.41, 5.74) is 6.74. The van der Waals surface area contributed by atoms with E-state index in [-0.39, 0.29) is 11.6 Å². The molecule has 150 valence electrons. The third-order valence-electron chi connectivity index (χ3n) is 4.69. The van der Waals surface area contributed by atoms with Gasteiger partial charge in [-0.1, -0.05) is 17.7 Å². The zero-order chi connectivity index (χ0) is 21.3. The van der Waals surface area contributed by atoms with Gasteiger partial charge in [-0.25, -0.2) is 5.43 Å². The van der Waals surface area contributed by atoms with E-state index in [1.54, 1.807) is 18.3 Å². The number of hydrogen-bond donors (Lipinski definition) is 1. The summed E-state index contributed by atoms with van der Waals surface area (Å²) < 4.78 is 2.81. The maximum Gasteiger partial charge on any atom is 0.281 e. The summed E-state index contributed by atoms with van der Waals surface area (Å²) in [7, 11) is 0. The number of fused-ring (bicyclic) bond motifs is 1. The van der Waals surface area contributed by atoms with Crippen molar-refractivity contribution in [2.75, 3.05) is 0 Å². The van der Waals surface area contributed by atoms with Crippen molar-refractivity contribution >= 4 is 39.2 Å². The lowest BCUT2D eigenvalue weighted by atomic mass is 10.1. The van der Waals surface area contributed by atoms with E-state index in [4.69, 9.17) is 0 Å². The number of carbonyl (C=O) groups excluding carboxylic acids is 1. The van der Waals surface area contributed by atoms with Gasteiger partial charge in [-0.2, -0.15) is 5.10 Å². The molecule has 2 aromatic heterocycles. The molecular weight excluding hydrogens is 400 g/mol. The number of rotatable bonds is 5. The average molecular weight is 418 g/mol. The molecule has 2 aromatic carbocycles. The van der Waals surface area contributed by atoms with Crippen molar-refractivity contribution in [2.24, 2.45) is 5.10 Å². The summed E-state index contributed by atoms with van der Waals surface area (Å²) in [5, 5.41) is 15.7. The molecule has 1 N–H and O–H groups in total. The normalized spacial score (nSPS) is 11.3. The minimum absolute atomic E-state index is 0.00237. The van der Waals surface area contributed by atoms with Gasteiger partial charge in [-0.3, -0.25) is 14.9 Å². The molecule has 0 bridgehead atoms. The van der Waals surface area contributed by atoms with Crippen LogP contribution in [0.15, 0.2) is 65.9 Å². The van der Waals surface area contributed by atoms with Crippen LogP contribution in [-0.2, 0) is 0 Å². The van der Waals surface area contributed by atoms with Crippen LogP contribution < -0.4 is 5.43 Å². The summed E-state index contributed by atoms with van der Waals surface area (Å²) in [6.45, 7) is 4.10. The predicted molar refractivity (Wildman–Crippen MR) is 119 cm³/mol. The fraction of sp³-hybridized carbons (Fsp3) is 0.0909. The number of amides is 1. The van der Waals surface area contributed by atoms with E-state index in [0.29, 0.717) is 10.3 Å². The Morgan fingerprint density at radius 1 is 1.17 bits per heavy atom. The first kappa shape index (κ1) is 19.5. The fourth-order valence-electron chi connectivity index (χ4n) is 3.26. The number of aryl methyl sites for hydroxylation is 2. The maximum absolute atomic E-state index is 12.5. The van der Waals surface area contributed by atoms with Crippen LogP contribution in [0.3, 0.4) is 0 Å². The first-order valence-corrected chi connectivity index (χ1v) is 10.0. The minimum Gasteiger partial charge on any atom is -0.315 e. The van der Waals surface area contributed by atoms with Crippen LogP contribution in [0, 0.1) is 24.0 Å². The Kier molecular flexibility index (Phi) is 5.16. The second kappa shape index (κ2) is 7.92. The van der Waals surface area contributed by atoms with Gasteiger partial charge in [0.15, 0.2) is 0 Å². The third-order valence-corrected chi connectivity index (χ3v) is 5.80. The predicted octanol–water partition coefficient (Wildman–Crippen LogP) is 4.98. The Hall–Kier alpha value is -3.78. The van der Waals surface area contributed by atoms with Crippen molar-refractivity contribution in [3.63, 3.8) is 0 Å². The van der Waals surface area contributed by atoms with Gasteiger partial charge in [0.1, 0.15) is 0 Å². The number of nitro benzene ring substituents is 1. The highest BCUT2D eigenvalue weighted by molar-refractivity contribution is 7.20. The first-order valence-electron chi connectivity index (χ1n) is 9.19. The monoisotopic (exact) mass is 418 g/mol. The van der Waals surface area contributed by atoms with Crippen molar-refractivity contribution in [3.8, 4) is 5.69 Å². The molecule has 0 spiro atoms. The second-order valence-electron chi connectivity index (χ2n) is 6.88. The molecule has 0 radical (unpaired) electrons. The van der Waals surface area contributed by atoms with E-state index in [9.17, 15) is 14.9 Å². The van der Waals surface area contributed by atoms with Gasteiger partial charge in [-0.15, -0.1) is 11.3 Å². The number of hydrogen-bond acceptors (Lipinski definition) is 5. The Balaban J connectivity index is 1.51. The smallest absolute Gasteiger partial charge is 0.281 e. The molecule has 0 aliphatic heterocycles. The van der Waals surface area contributed by atoms with Crippen LogP contribution in [0.25, 0.3) is 15.8 Å². The average Bonchev–Trinajstić information content (AvgIpc) is 3.34. The Labute approximate surface area is 176 Å². The Morgan fingerprint density at radius 3 is 2.77 bits per heavy atom. The number of carbonyl (C=O) groups is 1. The third kappa shape index (κ3) is 3.85. The molecule has 0 unspecified atom stereocenters. The van der Waals surface area contributed by atoms with E-state index in [1.807, 2.05) is 22.9 Å². The molecule has 4 rings (SSSR count). The molecule has 2 heterocycles. The quantitative estimate of drug-likeness (QED) is 0.281. The number of nitro groups is 1. The molecule has 4 aromatic rings. The van der Waals surface area contributed by atoms with Crippen molar-refractivity contribution in [3.05, 3.63) is 92.6 Å². The molecule has 0 atom stereocenters. The molecule has 0 saturated heterocycles. The van der Waals surface area contributed by atoms with Gasteiger partial charge < -0.3 is 4.57 Å². The van der Waals surface area contributed by atoms with Gasteiger partial charge in [0.05, 0.1) is 21.7 Å². The highest BCUT2D eigenvalue weighted by atomic mass is 32.1. The Morgan fingerprint density at radius 2 is 2.00 bits per heavy atom. The summed E-state index contributed by atoms with van der Waals surface area (Å²) in [6.07, 6.45) is 3.54. The highest BCUT2D eigenvalue weighted by Crippen LogP contribution is 2.28. The number of nitrogens with one attached hydrogen (secondary N) is 1. The zero-order valence-electron chi connectivity index (χ0n) is 16.3. The second-order valence-corrected chi connectivity index (χ2v) is 7.97. The Bertz CT molecular complexity index is 1300. The van der Waals surface area contributed by atoms with Gasteiger partial charge in [0.2, 0.25) is 0 Å². The van der Waals surface area contributed by atoms with Crippen LogP contribution >= 0.6 is 11.3 Å². The molecule has 0 fully saturated rings. The van der Waals surface area contributed by atoms with Crippen LogP contribution in [0.2, 0.25) is 0 Å². The van der Waals surface area contributed by atoms with Crippen molar-refractivity contribution in [1.29, 1.82) is 0 Å². The van der Waals surface area contributed by atoms with E-state index >= 15 is 0 Å². The molecule has 0 aliphatic carbocycles. The summed E-state index contributed by atoms with van der Waals surface area (Å²) in [5.74, 6) is -0.361. The lowest BCUT2D eigenvalue weighted by Crippen LogP contribution is -2.16. The molecule has 7 nitrogen and oxygen atoms in total. The molecule has 8 heteroatoms. The fourth-order valence-corrected chi connectivity index (χ4v) is 4.20. The number of non-ortho nitro benzene ring substituents is 1. The molecule has 1 amide bonds. The molecule has 30 heavy (non-hydrogen) atoms. The number of aromatic nitrogens is 1. The van der Waals surface area contributed by atoms with Gasteiger partial charge >= 0.3 is 0 Å². The molecule has 0 saturated carbocycles. The van der Waals surface area contributed by atoms with Gasteiger partial charge in [0.25, 0.3) is 11.6 Å². The number of nitrogens with zero attached hydrogens (tertiary/aromatic N) is 3. The lowest BCUT2D eigenvalue weighted by Gasteiger charge is -2.10. The number of thiophene rings is 1. The highest BCUT2D eigenvalue weighted by Gasteiger charge is 2.13. The standard InChI is InChI=1S/C22H18N4O3S/c1-14-5-7-19(15(2)10-14)25-9-3-4-18(25)13-23-24-22(27)21-12-16-11-17(26(28)29)6-8-20(16)30-21/h3-13H,1-2H3,(H,24,27)/b23-13-. The maximum atomic E-state index is 12.5. The topological polar surface area (TPSA) is 89.5 Å². The van der Waals surface area contributed by atoms with E-state index in [1.165, 1.54) is 29.0 Å². The van der Waals surface area contributed by atoms with Crippen LogP contribution in [0.5, 0.6) is 0 Å². The lowest BCUT2D eigenvalue weighted by molar-refractivity contribution is -0.384. The van der Waals surface area contributed by atoms with Crippen LogP contribution in [-0.4, -0.2) is 21.6 Å². The summed E-state index contributed by atoms with van der Waals surface area (Å²) in [6, 6.07) is 16.2. The van der Waals surface area contributed by atoms with Crippen LogP contribution in [0.1, 0.15) is 26.5 Å². The molecular formula is C22H18N4O3S. The van der Waals surface area contributed by atoms with Crippen molar-refractivity contribution in [2.45, 2.75) is 13.8 Å². The van der Waals surface area contributed by atoms with Crippen molar-refractivity contribution in [1.82, 2.24) is 9.99 Å². The molecule has 0 aliphatic rings. The SMILES string of the molecule is Cc1ccc(-n2cccc2/C=N\NC(=O)c2cc3cc([N+](=O)[O-])ccc3s2)c(C)c1. The van der Waals surface area contributed by atoms with Gasteiger partial charge in [-0.05, 0) is 49.7 Å². The minimum atomic E-state index is -0.452. The number of benzene rings is 2. The zero-order valence-corrected chi connectivity index (χ0v) is 17.1. The summed E-state index contributed by atoms with van der Waals surface area (Å²) >= 11 is 1.26. The largest absolute Gasteiger partial charge is 0.315 e. The van der Waals surface area contributed by atoms with Crippen molar-refractivity contribution < 1.29 is 9.72 Å². The van der Waals surface area contributed by atoms with E-state index in [0.717, 1.165) is 21.6 Å². The first-order chi connectivity index (χ1) is 14.4. The summed E-state index contributed by atoms with van der Waals surface area (Å²) in [4.78, 5) is 23.4. The number of hydrazone groups is 1. The van der Waals surface area contributed by atoms with Crippen LogP contribution in [0.4, 0.5) is 5.69 Å². The van der Waals surface area contributed by atoms with Gasteiger partial charge in [0, 0.05) is 34.1 Å². The van der Waals surface area contributed by atoms with E-state index in [2.05, 4.69) is 42.6 Å². The van der Waals surface area contributed by atoms with E-state index < -0.39 is 4.92 Å².